The molecule has 1 aromatic heterocycles. The second kappa shape index (κ2) is 7.70. The third-order valence-corrected chi connectivity index (χ3v) is 3.49. The number of rotatable bonds is 6. The molecule has 1 heterocycles. The summed E-state index contributed by atoms with van der Waals surface area (Å²) in [7, 11) is 0. The van der Waals surface area contributed by atoms with Gasteiger partial charge in [-0.2, -0.15) is 0 Å². The van der Waals surface area contributed by atoms with E-state index in [1.807, 2.05) is 18.2 Å². The molecule has 21 heavy (non-hydrogen) atoms. The monoisotopic (exact) mass is 400 g/mol. The van der Waals surface area contributed by atoms with Crippen molar-refractivity contribution in [3.8, 4) is 11.6 Å². The third-order valence-electron chi connectivity index (χ3n) is 2.82. The Morgan fingerprint density at radius 3 is 2.86 bits per heavy atom. The van der Waals surface area contributed by atoms with E-state index in [1.54, 1.807) is 18.3 Å². The van der Waals surface area contributed by atoms with Gasteiger partial charge in [0.25, 0.3) is 5.88 Å². The molecular formula is C16H18FIN2O. The Labute approximate surface area is 138 Å². The van der Waals surface area contributed by atoms with Crippen LogP contribution >= 0.6 is 22.6 Å². The summed E-state index contributed by atoms with van der Waals surface area (Å²) in [5.74, 6) is 0.714. The first-order valence-electron chi connectivity index (χ1n) is 6.84. The maximum atomic E-state index is 14.4. The maximum Gasteiger partial charge on any atom is 0.256 e. The molecule has 0 aliphatic carbocycles. The van der Waals surface area contributed by atoms with Crippen LogP contribution in [0.15, 0.2) is 36.5 Å². The SMILES string of the molecule is CC(C)CNCc1ccnc(Oc2cccc(I)c2)c1F. The van der Waals surface area contributed by atoms with Crippen LogP contribution in [0.4, 0.5) is 4.39 Å². The fraction of sp³-hybridized carbons (Fsp3) is 0.312. The Kier molecular flexibility index (Phi) is 5.93. The van der Waals surface area contributed by atoms with Crippen LogP contribution in [-0.2, 0) is 6.54 Å². The predicted molar refractivity (Wildman–Crippen MR) is 90.0 cm³/mol. The van der Waals surface area contributed by atoms with Gasteiger partial charge in [0.1, 0.15) is 5.75 Å². The number of ether oxygens (including phenoxy) is 1. The van der Waals surface area contributed by atoms with E-state index < -0.39 is 5.82 Å². The van der Waals surface area contributed by atoms with Crippen LogP contribution in [0.5, 0.6) is 11.6 Å². The summed E-state index contributed by atoms with van der Waals surface area (Å²) >= 11 is 2.18. The Morgan fingerprint density at radius 1 is 1.33 bits per heavy atom. The van der Waals surface area contributed by atoms with Crippen LogP contribution in [0.25, 0.3) is 0 Å². The lowest BCUT2D eigenvalue weighted by Crippen LogP contribution is -2.19. The van der Waals surface area contributed by atoms with Gasteiger partial charge in [-0.1, -0.05) is 19.9 Å². The number of hydrogen-bond donors (Lipinski definition) is 1. The number of nitrogens with zero attached hydrogens (tertiary/aromatic N) is 1. The normalized spacial score (nSPS) is 10.9. The summed E-state index contributed by atoms with van der Waals surface area (Å²) in [6, 6.07) is 9.11. The Hall–Kier alpha value is -1.21. The Balaban J connectivity index is 2.10. The topological polar surface area (TPSA) is 34.2 Å². The van der Waals surface area contributed by atoms with E-state index in [4.69, 9.17) is 4.74 Å². The molecule has 1 aromatic carbocycles. The van der Waals surface area contributed by atoms with Crippen molar-refractivity contribution in [3.63, 3.8) is 0 Å². The van der Waals surface area contributed by atoms with Gasteiger partial charge in [0.15, 0.2) is 5.82 Å². The number of nitrogens with one attached hydrogen (secondary N) is 1. The zero-order valence-electron chi connectivity index (χ0n) is 12.1. The van der Waals surface area contributed by atoms with Crippen molar-refractivity contribution in [1.29, 1.82) is 0 Å². The van der Waals surface area contributed by atoms with Gasteiger partial charge in [0.05, 0.1) is 0 Å². The van der Waals surface area contributed by atoms with E-state index in [0.29, 0.717) is 23.8 Å². The quantitative estimate of drug-likeness (QED) is 0.732. The lowest BCUT2D eigenvalue weighted by molar-refractivity contribution is 0.416. The van der Waals surface area contributed by atoms with Crippen LogP contribution in [0, 0.1) is 15.3 Å². The molecule has 0 amide bonds. The first-order chi connectivity index (χ1) is 10.1. The summed E-state index contributed by atoms with van der Waals surface area (Å²) in [6.45, 7) is 5.53. The van der Waals surface area contributed by atoms with Gasteiger partial charge in [-0.15, -0.1) is 0 Å². The predicted octanol–water partition coefficient (Wildman–Crippen LogP) is 4.36. The summed E-state index contributed by atoms with van der Waals surface area (Å²) in [5, 5.41) is 3.22. The van der Waals surface area contributed by atoms with Crippen molar-refractivity contribution in [2.75, 3.05) is 6.54 Å². The van der Waals surface area contributed by atoms with Gasteiger partial charge >= 0.3 is 0 Å². The second-order valence-corrected chi connectivity index (χ2v) is 6.42. The average molecular weight is 400 g/mol. The number of aromatic nitrogens is 1. The number of benzene rings is 1. The molecule has 0 aliphatic rings. The molecule has 0 saturated heterocycles. The maximum absolute atomic E-state index is 14.4. The van der Waals surface area contributed by atoms with Crippen LogP contribution in [0.1, 0.15) is 19.4 Å². The number of hydrogen-bond acceptors (Lipinski definition) is 3. The van der Waals surface area contributed by atoms with E-state index in [9.17, 15) is 4.39 Å². The highest BCUT2D eigenvalue weighted by Gasteiger charge is 2.11. The molecule has 0 bridgehead atoms. The molecule has 0 atom stereocenters. The van der Waals surface area contributed by atoms with Gasteiger partial charge in [-0.3, -0.25) is 0 Å². The van der Waals surface area contributed by atoms with Gasteiger partial charge in [-0.25, -0.2) is 9.37 Å². The van der Waals surface area contributed by atoms with Crippen LogP contribution in [0.2, 0.25) is 0 Å². The minimum absolute atomic E-state index is 0.0147. The molecule has 0 spiro atoms. The molecule has 2 aromatic rings. The van der Waals surface area contributed by atoms with Crippen LogP contribution < -0.4 is 10.1 Å². The molecule has 112 valence electrons. The third kappa shape index (κ3) is 4.93. The average Bonchev–Trinajstić information content (AvgIpc) is 2.42. The van der Waals surface area contributed by atoms with Crippen molar-refractivity contribution in [2.45, 2.75) is 20.4 Å². The highest BCUT2D eigenvalue weighted by molar-refractivity contribution is 14.1. The lowest BCUT2D eigenvalue weighted by atomic mass is 10.2. The van der Waals surface area contributed by atoms with Crippen LogP contribution in [-0.4, -0.2) is 11.5 Å². The summed E-state index contributed by atoms with van der Waals surface area (Å²) in [4.78, 5) is 3.98. The second-order valence-electron chi connectivity index (χ2n) is 5.17. The highest BCUT2D eigenvalue weighted by Crippen LogP contribution is 2.25. The largest absolute Gasteiger partial charge is 0.436 e. The van der Waals surface area contributed by atoms with E-state index in [1.165, 1.54) is 0 Å². The van der Waals surface area contributed by atoms with Gasteiger partial charge in [0, 0.05) is 21.9 Å². The Morgan fingerprint density at radius 2 is 2.14 bits per heavy atom. The summed E-state index contributed by atoms with van der Waals surface area (Å²) < 4.78 is 20.9. The zero-order chi connectivity index (χ0) is 15.2. The van der Waals surface area contributed by atoms with Crippen molar-refractivity contribution in [2.24, 2.45) is 5.92 Å². The minimum atomic E-state index is -0.410. The molecule has 3 nitrogen and oxygen atoms in total. The fourth-order valence-corrected chi connectivity index (χ4v) is 2.32. The van der Waals surface area contributed by atoms with Crippen molar-refractivity contribution in [3.05, 3.63) is 51.5 Å². The smallest absolute Gasteiger partial charge is 0.256 e. The molecule has 5 heteroatoms. The van der Waals surface area contributed by atoms with E-state index in [-0.39, 0.29) is 5.88 Å². The fourth-order valence-electron chi connectivity index (χ4n) is 1.81. The molecule has 1 N–H and O–H groups in total. The van der Waals surface area contributed by atoms with Crippen molar-refractivity contribution < 1.29 is 9.13 Å². The summed E-state index contributed by atoms with van der Waals surface area (Å²) in [5.41, 5.74) is 0.561. The van der Waals surface area contributed by atoms with E-state index in [2.05, 4.69) is 46.7 Å². The van der Waals surface area contributed by atoms with Gasteiger partial charge < -0.3 is 10.1 Å². The van der Waals surface area contributed by atoms with Crippen molar-refractivity contribution >= 4 is 22.6 Å². The standard InChI is InChI=1S/C16H18FIN2O/c1-11(2)9-19-10-12-6-7-20-16(15(12)17)21-14-5-3-4-13(18)8-14/h3-8,11,19H,9-10H2,1-2H3. The zero-order valence-corrected chi connectivity index (χ0v) is 14.2. The highest BCUT2D eigenvalue weighted by atomic mass is 127. The molecule has 0 fully saturated rings. The minimum Gasteiger partial charge on any atom is -0.436 e. The molecular weight excluding hydrogens is 382 g/mol. The molecule has 0 aliphatic heterocycles. The molecule has 0 saturated carbocycles. The lowest BCUT2D eigenvalue weighted by Gasteiger charge is -2.11. The molecule has 2 rings (SSSR count). The number of pyridine rings is 1. The molecule has 0 unspecified atom stereocenters. The molecule has 0 radical (unpaired) electrons. The van der Waals surface area contributed by atoms with Crippen LogP contribution in [0.3, 0.4) is 0 Å². The van der Waals surface area contributed by atoms with Gasteiger partial charge in [-0.05, 0) is 59.3 Å². The summed E-state index contributed by atoms with van der Waals surface area (Å²) in [6.07, 6.45) is 1.57. The van der Waals surface area contributed by atoms with E-state index in [0.717, 1.165) is 10.1 Å². The first kappa shape index (κ1) is 16.2. The van der Waals surface area contributed by atoms with Gasteiger partial charge in [0.2, 0.25) is 0 Å². The first-order valence-corrected chi connectivity index (χ1v) is 7.91. The Bertz CT molecular complexity index is 605. The van der Waals surface area contributed by atoms with E-state index >= 15 is 0 Å². The van der Waals surface area contributed by atoms with Crippen molar-refractivity contribution in [1.82, 2.24) is 10.3 Å². The number of halogens is 2.